The molecular weight excluding hydrogens is 378 g/mol. The molecule has 0 aliphatic carbocycles. The fraction of sp³-hybridized carbons (Fsp3) is 0.167. The monoisotopic (exact) mass is 403 g/mol. The predicted octanol–water partition coefficient (Wildman–Crippen LogP) is 4.07. The summed E-state index contributed by atoms with van der Waals surface area (Å²) >= 11 is 0. The molecule has 0 saturated carbocycles. The Morgan fingerprint density at radius 3 is 2.33 bits per heavy atom. The second-order valence-electron chi connectivity index (χ2n) is 6.77. The van der Waals surface area contributed by atoms with Crippen LogP contribution in [0.2, 0.25) is 0 Å². The van der Waals surface area contributed by atoms with E-state index in [9.17, 15) is 9.59 Å². The normalized spacial score (nSPS) is 10.3. The number of rotatable bonds is 8. The van der Waals surface area contributed by atoms with E-state index in [1.807, 2.05) is 78.9 Å². The number of benzene rings is 3. The van der Waals surface area contributed by atoms with Gasteiger partial charge in [-0.15, -0.1) is 0 Å². The highest BCUT2D eigenvalue weighted by atomic mass is 16.5. The molecule has 6 heteroatoms. The number of nitrogens with one attached hydrogen (secondary N) is 2. The van der Waals surface area contributed by atoms with E-state index in [-0.39, 0.29) is 25.5 Å². The Morgan fingerprint density at radius 1 is 0.833 bits per heavy atom. The molecule has 0 aliphatic rings. The first-order valence-electron chi connectivity index (χ1n) is 9.78. The third kappa shape index (κ3) is 6.46. The molecule has 30 heavy (non-hydrogen) atoms. The molecule has 0 aromatic heterocycles. The first-order valence-corrected chi connectivity index (χ1v) is 9.78. The van der Waals surface area contributed by atoms with Crippen LogP contribution in [0.5, 0.6) is 0 Å². The topological polar surface area (TPSA) is 93.5 Å². The summed E-state index contributed by atoms with van der Waals surface area (Å²) in [4.78, 5) is 23.9. The number of hydrogen-bond donors (Lipinski definition) is 3. The summed E-state index contributed by atoms with van der Waals surface area (Å²) in [5, 5.41) is 5.44. The number of alkyl carbamates (subject to hydrolysis) is 1. The fourth-order valence-electron chi connectivity index (χ4n) is 2.89. The second-order valence-corrected chi connectivity index (χ2v) is 6.77. The predicted molar refractivity (Wildman–Crippen MR) is 118 cm³/mol. The molecule has 0 heterocycles. The molecule has 0 radical (unpaired) electrons. The second kappa shape index (κ2) is 10.8. The van der Waals surface area contributed by atoms with Crippen molar-refractivity contribution in [1.82, 2.24) is 5.32 Å². The van der Waals surface area contributed by atoms with Crippen LogP contribution in [0.15, 0.2) is 78.9 Å². The number of amides is 2. The van der Waals surface area contributed by atoms with Gasteiger partial charge in [-0.3, -0.25) is 4.79 Å². The fourth-order valence-corrected chi connectivity index (χ4v) is 2.89. The number of nitrogens with two attached hydrogens (primary N) is 1. The van der Waals surface area contributed by atoms with Crippen molar-refractivity contribution < 1.29 is 14.3 Å². The highest BCUT2D eigenvalue weighted by molar-refractivity contribution is 5.91. The van der Waals surface area contributed by atoms with Crippen LogP contribution in [0.1, 0.15) is 17.5 Å². The maximum absolute atomic E-state index is 12.2. The molecule has 0 atom stereocenters. The van der Waals surface area contributed by atoms with Gasteiger partial charge in [-0.05, 0) is 34.4 Å². The van der Waals surface area contributed by atoms with E-state index in [4.69, 9.17) is 10.5 Å². The third-order valence-corrected chi connectivity index (χ3v) is 4.50. The molecule has 2 amide bonds. The van der Waals surface area contributed by atoms with Crippen molar-refractivity contribution in [2.75, 3.05) is 11.9 Å². The SMILES string of the molecule is NCc1ccc(-c2cccc(NC(=O)CCNC(=O)OCc3ccccc3)c2)cc1. The summed E-state index contributed by atoms with van der Waals surface area (Å²) in [6.45, 7) is 0.891. The minimum Gasteiger partial charge on any atom is -0.445 e. The minimum absolute atomic E-state index is 0.149. The Kier molecular flexibility index (Phi) is 7.58. The van der Waals surface area contributed by atoms with Gasteiger partial charge in [-0.1, -0.05) is 66.7 Å². The van der Waals surface area contributed by atoms with Crippen LogP contribution in [0.25, 0.3) is 11.1 Å². The number of carbonyl (C=O) groups excluding carboxylic acids is 2. The Balaban J connectivity index is 1.43. The van der Waals surface area contributed by atoms with Gasteiger partial charge in [0.2, 0.25) is 5.91 Å². The van der Waals surface area contributed by atoms with Crippen LogP contribution in [0, 0.1) is 0 Å². The van der Waals surface area contributed by atoms with E-state index in [0.717, 1.165) is 22.3 Å². The van der Waals surface area contributed by atoms with E-state index in [2.05, 4.69) is 10.6 Å². The zero-order chi connectivity index (χ0) is 21.2. The first kappa shape index (κ1) is 21.1. The highest BCUT2D eigenvalue weighted by Gasteiger charge is 2.07. The zero-order valence-corrected chi connectivity index (χ0v) is 16.6. The average molecular weight is 403 g/mol. The maximum Gasteiger partial charge on any atom is 0.407 e. The lowest BCUT2D eigenvalue weighted by Crippen LogP contribution is -2.28. The van der Waals surface area contributed by atoms with Crippen molar-refractivity contribution in [1.29, 1.82) is 0 Å². The van der Waals surface area contributed by atoms with Crippen LogP contribution in [-0.2, 0) is 22.7 Å². The smallest absolute Gasteiger partial charge is 0.407 e. The Labute approximate surface area is 176 Å². The van der Waals surface area contributed by atoms with Gasteiger partial charge in [0.15, 0.2) is 0 Å². The summed E-state index contributed by atoms with van der Waals surface area (Å²) in [6, 6.07) is 25.0. The van der Waals surface area contributed by atoms with Crippen molar-refractivity contribution in [3.8, 4) is 11.1 Å². The standard InChI is InChI=1S/C24H25N3O3/c25-16-18-9-11-20(12-10-18)21-7-4-8-22(15-21)27-23(28)13-14-26-24(29)30-17-19-5-2-1-3-6-19/h1-12,15H,13-14,16-17,25H2,(H,26,29)(H,27,28). The number of hydrogen-bond acceptors (Lipinski definition) is 4. The number of ether oxygens (including phenoxy) is 1. The molecular formula is C24H25N3O3. The molecule has 0 saturated heterocycles. The molecule has 0 fully saturated rings. The van der Waals surface area contributed by atoms with E-state index in [1.165, 1.54) is 0 Å². The lowest BCUT2D eigenvalue weighted by Gasteiger charge is -2.09. The van der Waals surface area contributed by atoms with Gasteiger partial charge in [0.05, 0.1) is 0 Å². The van der Waals surface area contributed by atoms with E-state index >= 15 is 0 Å². The van der Waals surface area contributed by atoms with Crippen molar-refractivity contribution in [3.05, 3.63) is 90.0 Å². The maximum atomic E-state index is 12.2. The Morgan fingerprint density at radius 2 is 1.60 bits per heavy atom. The molecule has 3 rings (SSSR count). The van der Waals surface area contributed by atoms with Crippen LogP contribution >= 0.6 is 0 Å². The summed E-state index contributed by atoms with van der Waals surface area (Å²) in [6.07, 6.45) is -0.398. The van der Waals surface area contributed by atoms with Gasteiger partial charge >= 0.3 is 6.09 Å². The molecule has 154 valence electrons. The molecule has 0 aliphatic heterocycles. The molecule has 6 nitrogen and oxygen atoms in total. The van der Waals surface area contributed by atoms with Gasteiger partial charge in [0, 0.05) is 25.2 Å². The molecule has 4 N–H and O–H groups in total. The van der Waals surface area contributed by atoms with Gasteiger partial charge in [-0.2, -0.15) is 0 Å². The average Bonchev–Trinajstić information content (AvgIpc) is 2.78. The molecule has 0 unspecified atom stereocenters. The van der Waals surface area contributed by atoms with Gasteiger partial charge in [0.1, 0.15) is 6.61 Å². The zero-order valence-electron chi connectivity index (χ0n) is 16.6. The van der Waals surface area contributed by atoms with Crippen molar-refractivity contribution in [2.24, 2.45) is 5.73 Å². The quantitative estimate of drug-likeness (QED) is 0.529. The molecule has 0 bridgehead atoms. The third-order valence-electron chi connectivity index (χ3n) is 4.50. The van der Waals surface area contributed by atoms with Gasteiger partial charge in [0.25, 0.3) is 0 Å². The summed E-state index contributed by atoms with van der Waals surface area (Å²) in [5.74, 6) is -0.186. The first-order chi connectivity index (χ1) is 14.6. The lowest BCUT2D eigenvalue weighted by atomic mass is 10.0. The number of anilines is 1. The molecule has 3 aromatic rings. The molecule has 0 spiro atoms. The van der Waals surface area contributed by atoms with E-state index in [1.54, 1.807) is 0 Å². The Hall–Kier alpha value is -3.64. The van der Waals surface area contributed by atoms with Gasteiger partial charge < -0.3 is 21.1 Å². The summed E-state index contributed by atoms with van der Waals surface area (Å²) < 4.78 is 5.12. The van der Waals surface area contributed by atoms with Crippen molar-refractivity contribution >= 4 is 17.7 Å². The van der Waals surface area contributed by atoms with Crippen LogP contribution in [0.3, 0.4) is 0 Å². The molecule has 3 aromatic carbocycles. The van der Waals surface area contributed by atoms with Crippen molar-refractivity contribution in [2.45, 2.75) is 19.6 Å². The largest absolute Gasteiger partial charge is 0.445 e. The minimum atomic E-state index is -0.547. The lowest BCUT2D eigenvalue weighted by molar-refractivity contribution is -0.116. The Bertz CT molecular complexity index is 973. The van der Waals surface area contributed by atoms with E-state index in [0.29, 0.717) is 12.2 Å². The van der Waals surface area contributed by atoms with Crippen LogP contribution in [-0.4, -0.2) is 18.5 Å². The summed E-state index contributed by atoms with van der Waals surface area (Å²) in [7, 11) is 0. The van der Waals surface area contributed by atoms with Gasteiger partial charge in [-0.25, -0.2) is 4.79 Å². The summed E-state index contributed by atoms with van der Waals surface area (Å²) in [5.41, 5.74) is 10.4. The highest BCUT2D eigenvalue weighted by Crippen LogP contribution is 2.23. The number of carbonyl (C=O) groups is 2. The van der Waals surface area contributed by atoms with Crippen molar-refractivity contribution in [3.63, 3.8) is 0 Å². The van der Waals surface area contributed by atoms with E-state index < -0.39 is 6.09 Å². The van der Waals surface area contributed by atoms with Crippen LogP contribution in [0.4, 0.5) is 10.5 Å². The van der Waals surface area contributed by atoms with Crippen LogP contribution < -0.4 is 16.4 Å².